The lowest BCUT2D eigenvalue weighted by Gasteiger charge is -2.02. The molecule has 2 aromatic carbocycles. The highest BCUT2D eigenvalue weighted by Crippen LogP contribution is 2.26. The lowest BCUT2D eigenvalue weighted by atomic mass is 10.1. The number of H-pyrrole nitrogens is 1. The molecule has 2 aromatic heterocycles. The fraction of sp³-hybridized carbons (Fsp3) is 0. The first-order chi connectivity index (χ1) is 10.4. The van der Waals surface area contributed by atoms with Crippen LogP contribution in [0.15, 0.2) is 73.1 Å². The molecule has 100 valence electrons. The summed E-state index contributed by atoms with van der Waals surface area (Å²) in [6.45, 7) is 0. The van der Waals surface area contributed by atoms with Gasteiger partial charge in [0.2, 0.25) is 0 Å². The molecular formula is C18H13N3. The second-order valence-electron chi connectivity index (χ2n) is 4.88. The minimum Gasteiger partial charge on any atom is -0.343 e. The number of benzene rings is 2. The van der Waals surface area contributed by atoms with Crippen LogP contribution in [0.5, 0.6) is 0 Å². The molecule has 3 heteroatoms. The van der Waals surface area contributed by atoms with E-state index in [-0.39, 0.29) is 0 Å². The molecule has 1 N–H and O–H groups in total. The fourth-order valence-corrected chi connectivity index (χ4v) is 2.51. The summed E-state index contributed by atoms with van der Waals surface area (Å²) in [6, 6.07) is 20.4. The zero-order valence-corrected chi connectivity index (χ0v) is 11.3. The van der Waals surface area contributed by atoms with Crippen molar-refractivity contribution in [1.29, 1.82) is 0 Å². The van der Waals surface area contributed by atoms with E-state index in [1.165, 1.54) is 5.39 Å². The first-order valence-electron chi connectivity index (χ1n) is 6.87. The van der Waals surface area contributed by atoms with Crippen molar-refractivity contribution in [1.82, 2.24) is 15.0 Å². The molecule has 0 radical (unpaired) electrons. The second-order valence-corrected chi connectivity index (χ2v) is 4.88. The molecule has 0 atom stereocenters. The SMILES string of the molecule is c1ccc(-c2c[nH]c(-c3nccc4ccccc34)n2)cc1. The highest BCUT2D eigenvalue weighted by molar-refractivity contribution is 5.93. The molecule has 0 amide bonds. The van der Waals surface area contributed by atoms with Gasteiger partial charge in [0.25, 0.3) is 0 Å². The van der Waals surface area contributed by atoms with Crippen LogP contribution < -0.4 is 0 Å². The number of nitrogens with zero attached hydrogens (tertiary/aromatic N) is 2. The Morgan fingerprint density at radius 1 is 0.810 bits per heavy atom. The van der Waals surface area contributed by atoms with Crippen LogP contribution in [0, 0.1) is 0 Å². The molecule has 21 heavy (non-hydrogen) atoms. The number of hydrogen-bond donors (Lipinski definition) is 1. The monoisotopic (exact) mass is 271 g/mol. The Bertz CT molecular complexity index is 889. The van der Waals surface area contributed by atoms with Gasteiger partial charge in [-0.05, 0) is 11.5 Å². The average Bonchev–Trinajstić information content (AvgIpc) is 3.05. The molecule has 0 saturated carbocycles. The third kappa shape index (κ3) is 2.09. The molecule has 0 aliphatic carbocycles. The summed E-state index contributed by atoms with van der Waals surface area (Å²) >= 11 is 0. The van der Waals surface area contributed by atoms with Crippen LogP contribution in [0.2, 0.25) is 0 Å². The van der Waals surface area contributed by atoms with Crippen LogP contribution >= 0.6 is 0 Å². The molecule has 0 fully saturated rings. The summed E-state index contributed by atoms with van der Waals surface area (Å²) < 4.78 is 0. The van der Waals surface area contributed by atoms with E-state index in [4.69, 9.17) is 0 Å². The van der Waals surface area contributed by atoms with Gasteiger partial charge in [-0.25, -0.2) is 4.98 Å². The van der Waals surface area contributed by atoms with Crippen LogP contribution in [0.3, 0.4) is 0 Å². The predicted octanol–water partition coefficient (Wildman–Crippen LogP) is 4.29. The summed E-state index contributed by atoms with van der Waals surface area (Å²) in [5.41, 5.74) is 2.91. The number of imidazole rings is 1. The predicted molar refractivity (Wildman–Crippen MR) is 84.8 cm³/mol. The maximum absolute atomic E-state index is 4.68. The van der Waals surface area contributed by atoms with Gasteiger partial charge in [-0.3, -0.25) is 4.98 Å². The van der Waals surface area contributed by atoms with Crippen molar-refractivity contribution in [2.24, 2.45) is 0 Å². The number of rotatable bonds is 2. The van der Waals surface area contributed by atoms with Gasteiger partial charge in [0.05, 0.1) is 5.69 Å². The standard InChI is InChI=1S/C18H13N3/c1-2-7-14(8-3-1)16-12-20-18(21-16)17-15-9-5-4-6-13(15)10-11-19-17/h1-12H,(H,20,21). The van der Waals surface area contributed by atoms with E-state index in [1.54, 1.807) is 0 Å². The number of hydrogen-bond acceptors (Lipinski definition) is 2. The number of nitrogens with one attached hydrogen (secondary N) is 1. The zero-order valence-electron chi connectivity index (χ0n) is 11.3. The van der Waals surface area contributed by atoms with Crippen LogP contribution in [0.4, 0.5) is 0 Å². The van der Waals surface area contributed by atoms with Gasteiger partial charge in [0.1, 0.15) is 5.69 Å². The Labute approximate surface area is 122 Å². The Morgan fingerprint density at radius 2 is 1.62 bits per heavy atom. The van der Waals surface area contributed by atoms with Gasteiger partial charge in [0, 0.05) is 23.3 Å². The summed E-state index contributed by atoms with van der Waals surface area (Å²) in [5, 5.41) is 2.27. The van der Waals surface area contributed by atoms with Crippen LogP contribution in [0.25, 0.3) is 33.5 Å². The highest BCUT2D eigenvalue weighted by atomic mass is 14.9. The van der Waals surface area contributed by atoms with Gasteiger partial charge in [-0.2, -0.15) is 0 Å². The Kier molecular flexibility index (Phi) is 2.75. The Balaban J connectivity index is 1.85. The number of fused-ring (bicyclic) bond motifs is 1. The van der Waals surface area contributed by atoms with Crippen molar-refractivity contribution >= 4 is 10.8 Å². The molecule has 0 spiro atoms. The Hall–Kier alpha value is -2.94. The highest BCUT2D eigenvalue weighted by Gasteiger charge is 2.09. The molecule has 0 saturated heterocycles. The minimum atomic E-state index is 0.797. The van der Waals surface area contributed by atoms with Crippen molar-refractivity contribution in [3.8, 4) is 22.8 Å². The van der Waals surface area contributed by atoms with Gasteiger partial charge >= 0.3 is 0 Å². The normalized spacial score (nSPS) is 10.9. The van der Waals surface area contributed by atoms with E-state index in [0.29, 0.717) is 0 Å². The van der Waals surface area contributed by atoms with E-state index in [9.17, 15) is 0 Å². The summed E-state index contributed by atoms with van der Waals surface area (Å²) in [7, 11) is 0. The fourth-order valence-electron chi connectivity index (χ4n) is 2.51. The molecular weight excluding hydrogens is 258 g/mol. The first-order valence-corrected chi connectivity index (χ1v) is 6.87. The van der Waals surface area contributed by atoms with Crippen LogP contribution in [-0.2, 0) is 0 Å². The lowest BCUT2D eigenvalue weighted by molar-refractivity contribution is 1.24. The van der Waals surface area contributed by atoms with Crippen LogP contribution in [-0.4, -0.2) is 15.0 Å². The van der Waals surface area contributed by atoms with E-state index < -0.39 is 0 Å². The summed E-state index contributed by atoms with van der Waals surface area (Å²) in [6.07, 6.45) is 3.75. The maximum Gasteiger partial charge on any atom is 0.157 e. The van der Waals surface area contributed by atoms with Crippen molar-refractivity contribution < 1.29 is 0 Å². The van der Waals surface area contributed by atoms with Crippen molar-refractivity contribution in [2.45, 2.75) is 0 Å². The van der Waals surface area contributed by atoms with Crippen LogP contribution in [0.1, 0.15) is 0 Å². The molecule has 0 bridgehead atoms. The van der Waals surface area contributed by atoms with Gasteiger partial charge in [-0.1, -0.05) is 54.6 Å². The van der Waals surface area contributed by atoms with Crippen molar-refractivity contribution in [3.05, 3.63) is 73.1 Å². The third-order valence-corrected chi connectivity index (χ3v) is 3.55. The van der Waals surface area contributed by atoms with Crippen molar-refractivity contribution in [3.63, 3.8) is 0 Å². The summed E-state index contributed by atoms with van der Waals surface area (Å²) in [5.74, 6) is 0.797. The molecule has 0 aliphatic rings. The number of aromatic amines is 1. The molecule has 2 heterocycles. The van der Waals surface area contributed by atoms with E-state index in [1.807, 2.05) is 48.8 Å². The van der Waals surface area contributed by atoms with E-state index in [2.05, 4.69) is 39.2 Å². The largest absolute Gasteiger partial charge is 0.343 e. The smallest absolute Gasteiger partial charge is 0.157 e. The third-order valence-electron chi connectivity index (χ3n) is 3.55. The second kappa shape index (κ2) is 4.87. The van der Waals surface area contributed by atoms with Gasteiger partial charge < -0.3 is 4.98 Å². The van der Waals surface area contributed by atoms with E-state index >= 15 is 0 Å². The van der Waals surface area contributed by atoms with E-state index in [0.717, 1.165) is 28.2 Å². The lowest BCUT2D eigenvalue weighted by Crippen LogP contribution is -1.87. The van der Waals surface area contributed by atoms with Gasteiger partial charge in [-0.15, -0.1) is 0 Å². The molecule has 3 nitrogen and oxygen atoms in total. The maximum atomic E-state index is 4.68. The Morgan fingerprint density at radius 3 is 2.52 bits per heavy atom. The zero-order chi connectivity index (χ0) is 14.1. The molecule has 4 aromatic rings. The number of aromatic nitrogens is 3. The number of pyridine rings is 1. The quantitative estimate of drug-likeness (QED) is 0.591. The first kappa shape index (κ1) is 11.9. The molecule has 0 unspecified atom stereocenters. The molecule has 0 aliphatic heterocycles. The van der Waals surface area contributed by atoms with Gasteiger partial charge in [0.15, 0.2) is 5.82 Å². The summed E-state index contributed by atoms with van der Waals surface area (Å²) in [4.78, 5) is 12.4. The average molecular weight is 271 g/mol. The minimum absolute atomic E-state index is 0.797. The van der Waals surface area contributed by atoms with Crippen molar-refractivity contribution in [2.75, 3.05) is 0 Å². The molecule has 4 rings (SSSR count). The topological polar surface area (TPSA) is 41.6 Å².